The van der Waals surface area contributed by atoms with Crippen LogP contribution in [0.5, 0.6) is 0 Å². The average Bonchev–Trinajstić information content (AvgIpc) is 3.05. The Morgan fingerprint density at radius 2 is 1.96 bits per heavy atom. The third-order valence-electron chi connectivity index (χ3n) is 4.17. The van der Waals surface area contributed by atoms with E-state index < -0.39 is 0 Å². The van der Waals surface area contributed by atoms with E-state index in [2.05, 4.69) is 26.8 Å². The van der Waals surface area contributed by atoms with Gasteiger partial charge >= 0.3 is 0 Å². The van der Waals surface area contributed by atoms with E-state index in [4.69, 9.17) is 10.5 Å². The van der Waals surface area contributed by atoms with E-state index in [0.29, 0.717) is 30.0 Å². The van der Waals surface area contributed by atoms with Gasteiger partial charge in [0.15, 0.2) is 5.96 Å². The van der Waals surface area contributed by atoms with Crippen molar-refractivity contribution in [3.05, 3.63) is 41.6 Å². The van der Waals surface area contributed by atoms with E-state index in [1.165, 1.54) is 0 Å². The summed E-state index contributed by atoms with van der Waals surface area (Å²) in [5.74, 6) is 1.13. The summed E-state index contributed by atoms with van der Waals surface area (Å²) in [5, 5.41) is 20.5. The molecule has 1 aromatic heterocycles. The molecular weight excluding hydrogens is 354 g/mol. The molecule has 28 heavy (non-hydrogen) atoms. The molecule has 4 N–H and O–H groups in total. The lowest BCUT2D eigenvalue weighted by Gasteiger charge is -2.11. The number of hydrogen-bond donors (Lipinski definition) is 3. The summed E-state index contributed by atoms with van der Waals surface area (Å²) >= 11 is 0. The number of anilines is 1. The number of ether oxygens (including phenoxy) is 1. The van der Waals surface area contributed by atoms with E-state index in [9.17, 15) is 5.26 Å². The summed E-state index contributed by atoms with van der Waals surface area (Å²) in [7, 11) is 1.74. The quantitative estimate of drug-likeness (QED) is 0.328. The van der Waals surface area contributed by atoms with Crippen molar-refractivity contribution >= 4 is 11.8 Å². The standard InChI is InChI=1S/C20H29N7O/c1-3-28-14-8-13-25-20(23-2)24-12-7-11-18-17(15-21)19(22)27(26-18)16-9-5-4-6-10-16/h4-6,9-10H,3,7-8,11-14,22H2,1-2H3,(H2,23,24,25). The maximum absolute atomic E-state index is 9.46. The smallest absolute Gasteiger partial charge is 0.190 e. The highest BCUT2D eigenvalue weighted by Gasteiger charge is 2.16. The Morgan fingerprint density at radius 3 is 2.61 bits per heavy atom. The number of nitrogens with zero attached hydrogens (tertiary/aromatic N) is 4. The molecule has 0 aliphatic heterocycles. The Bertz CT molecular complexity index is 793. The SMILES string of the molecule is CCOCCCNC(=NC)NCCCc1nn(-c2ccccc2)c(N)c1C#N. The predicted octanol–water partition coefficient (Wildman–Crippen LogP) is 1.85. The summed E-state index contributed by atoms with van der Waals surface area (Å²) in [5.41, 5.74) is 8.14. The van der Waals surface area contributed by atoms with Crippen molar-refractivity contribution in [1.82, 2.24) is 20.4 Å². The van der Waals surface area contributed by atoms with Gasteiger partial charge in [0.1, 0.15) is 17.5 Å². The van der Waals surface area contributed by atoms with Crippen LogP contribution >= 0.6 is 0 Å². The number of aromatic nitrogens is 2. The van der Waals surface area contributed by atoms with Gasteiger partial charge in [-0.3, -0.25) is 4.99 Å². The molecule has 8 nitrogen and oxygen atoms in total. The number of guanidine groups is 1. The minimum atomic E-state index is 0.378. The fraction of sp³-hybridized carbons (Fsp3) is 0.450. The lowest BCUT2D eigenvalue weighted by Crippen LogP contribution is -2.38. The predicted molar refractivity (Wildman–Crippen MR) is 111 cm³/mol. The van der Waals surface area contributed by atoms with Crippen LogP contribution in [0.3, 0.4) is 0 Å². The van der Waals surface area contributed by atoms with Crippen molar-refractivity contribution < 1.29 is 4.74 Å². The van der Waals surface area contributed by atoms with Gasteiger partial charge in [-0.1, -0.05) is 18.2 Å². The number of rotatable bonds is 10. The van der Waals surface area contributed by atoms with Gasteiger partial charge in [-0.15, -0.1) is 0 Å². The Morgan fingerprint density at radius 1 is 1.25 bits per heavy atom. The van der Waals surface area contributed by atoms with Crippen LogP contribution in [-0.2, 0) is 11.2 Å². The summed E-state index contributed by atoms with van der Waals surface area (Å²) in [4.78, 5) is 4.20. The number of aryl methyl sites for hydroxylation is 1. The van der Waals surface area contributed by atoms with E-state index >= 15 is 0 Å². The van der Waals surface area contributed by atoms with Crippen LogP contribution in [0, 0.1) is 11.3 Å². The number of aliphatic imine (C=N–C) groups is 1. The monoisotopic (exact) mass is 383 g/mol. The Labute approximate surface area is 166 Å². The third kappa shape index (κ3) is 5.99. The summed E-state index contributed by atoms with van der Waals surface area (Å²) in [6.07, 6.45) is 2.39. The van der Waals surface area contributed by atoms with Crippen LogP contribution in [0.1, 0.15) is 31.0 Å². The molecule has 0 aliphatic carbocycles. The van der Waals surface area contributed by atoms with Crippen LogP contribution in [0.25, 0.3) is 5.69 Å². The number of para-hydroxylation sites is 1. The second-order valence-corrected chi connectivity index (χ2v) is 6.15. The molecule has 150 valence electrons. The highest BCUT2D eigenvalue weighted by molar-refractivity contribution is 5.79. The summed E-state index contributed by atoms with van der Waals surface area (Å²) in [6, 6.07) is 11.8. The number of nitrogen functional groups attached to an aromatic ring is 1. The maximum Gasteiger partial charge on any atom is 0.190 e. The Balaban J connectivity index is 1.85. The number of nitrogens with one attached hydrogen (secondary N) is 2. The first kappa shape index (κ1) is 21.3. The highest BCUT2D eigenvalue weighted by atomic mass is 16.5. The zero-order valence-corrected chi connectivity index (χ0v) is 16.6. The van der Waals surface area contributed by atoms with Crippen molar-refractivity contribution in [3.8, 4) is 11.8 Å². The fourth-order valence-corrected chi connectivity index (χ4v) is 2.75. The molecule has 0 atom stereocenters. The Kier molecular flexibility index (Phi) is 8.82. The minimum absolute atomic E-state index is 0.378. The molecule has 0 bridgehead atoms. The van der Waals surface area contributed by atoms with Gasteiger partial charge in [0.2, 0.25) is 0 Å². The van der Waals surface area contributed by atoms with Crippen LogP contribution < -0.4 is 16.4 Å². The van der Waals surface area contributed by atoms with Crippen LogP contribution in [-0.4, -0.2) is 49.1 Å². The molecule has 1 aromatic carbocycles. The highest BCUT2D eigenvalue weighted by Crippen LogP contribution is 2.21. The van der Waals surface area contributed by atoms with Crippen molar-refractivity contribution in [2.45, 2.75) is 26.2 Å². The molecule has 0 saturated heterocycles. The second kappa shape index (κ2) is 11.6. The lowest BCUT2D eigenvalue weighted by atomic mass is 10.1. The molecule has 0 amide bonds. The molecule has 0 fully saturated rings. The normalized spacial score (nSPS) is 11.2. The summed E-state index contributed by atoms with van der Waals surface area (Å²) in [6.45, 7) is 4.98. The van der Waals surface area contributed by atoms with Gasteiger partial charge in [-0.25, -0.2) is 4.68 Å². The zero-order valence-electron chi connectivity index (χ0n) is 16.6. The Hall–Kier alpha value is -3.05. The molecule has 2 aromatic rings. The van der Waals surface area contributed by atoms with Gasteiger partial charge < -0.3 is 21.1 Å². The first-order valence-corrected chi connectivity index (χ1v) is 9.56. The summed E-state index contributed by atoms with van der Waals surface area (Å²) < 4.78 is 6.94. The van der Waals surface area contributed by atoms with Gasteiger partial charge in [0.25, 0.3) is 0 Å². The van der Waals surface area contributed by atoms with E-state index in [-0.39, 0.29) is 0 Å². The number of nitriles is 1. The van der Waals surface area contributed by atoms with Crippen LogP contribution in [0.4, 0.5) is 5.82 Å². The average molecular weight is 384 g/mol. The third-order valence-corrected chi connectivity index (χ3v) is 4.17. The maximum atomic E-state index is 9.46. The lowest BCUT2D eigenvalue weighted by molar-refractivity contribution is 0.145. The molecular formula is C20H29N7O. The van der Waals surface area contributed by atoms with Crippen molar-refractivity contribution in [1.29, 1.82) is 5.26 Å². The first-order valence-electron chi connectivity index (χ1n) is 9.56. The van der Waals surface area contributed by atoms with Crippen LogP contribution in [0.15, 0.2) is 35.3 Å². The molecule has 0 unspecified atom stereocenters. The minimum Gasteiger partial charge on any atom is -0.382 e. The zero-order chi connectivity index (χ0) is 20.2. The van der Waals surface area contributed by atoms with Gasteiger partial charge in [0.05, 0.1) is 11.4 Å². The van der Waals surface area contributed by atoms with E-state index in [0.717, 1.165) is 44.2 Å². The largest absolute Gasteiger partial charge is 0.382 e. The van der Waals surface area contributed by atoms with E-state index in [1.807, 2.05) is 37.3 Å². The molecule has 2 rings (SSSR count). The van der Waals surface area contributed by atoms with Crippen LogP contribution in [0.2, 0.25) is 0 Å². The van der Waals surface area contributed by atoms with E-state index in [1.54, 1.807) is 11.7 Å². The number of benzene rings is 1. The number of hydrogen-bond acceptors (Lipinski definition) is 5. The molecule has 8 heteroatoms. The molecule has 0 aliphatic rings. The number of nitrogens with two attached hydrogens (primary N) is 1. The van der Waals surface area contributed by atoms with Gasteiger partial charge in [0, 0.05) is 33.4 Å². The molecule has 0 radical (unpaired) electrons. The fourth-order valence-electron chi connectivity index (χ4n) is 2.75. The van der Waals surface area contributed by atoms with Crippen molar-refractivity contribution in [2.24, 2.45) is 4.99 Å². The molecule has 0 saturated carbocycles. The first-order chi connectivity index (χ1) is 13.7. The molecule has 1 heterocycles. The van der Waals surface area contributed by atoms with Gasteiger partial charge in [-0.05, 0) is 38.3 Å². The topological polar surface area (TPSA) is 113 Å². The van der Waals surface area contributed by atoms with Gasteiger partial charge in [-0.2, -0.15) is 10.4 Å². The second-order valence-electron chi connectivity index (χ2n) is 6.15. The molecule has 0 spiro atoms. The van der Waals surface area contributed by atoms with Crippen molar-refractivity contribution in [3.63, 3.8) is 0 Å². The van der Waals surface area contributed by atoms with Crippen molar-refractivity contribution in [2.75, 3.05) is 39.1 Å².